The molecular weight excluding hydrogens is 304 g/mol. The number of ether oxygens (including phenoxy) is 2. The lowest BCUT2D eigenvalue weighted by Crippen LogP contribution is -2.02. The lowest BCUT2D eigenvalue weighted by molar-refractivity contribution is 0.0692. The Balaban J connectivity index is 1.98. The summed E-state index contributed by atoms with van der Waals surface area (Å²) >= 11 is 10.2. The van der Waals surface area contributed by atoms with Crippen molar-refractivity contribution in [3.63, 3.8) is 0 Å². The number of hydrogen-bond donors (Lipinski definition) is 3. The Hall–Kier alpha value is -1.86. The Kier molecular flexibility index (Phi) is 3.23. The summed E-state index contributed by atoms with van der Waals surface area (Å²) in [5, 5.41) is 16.2. The monoisotopic (exact) mass is 312 g/mol. The van der Waals surface area contributed by atoms with Crippen LogP contribution in [0.15, 0.2) is 17.2 Å². The van der Waals surface area contributed by atoms with Crippen LogP contribution >= 0.6 is 24.2 Å². The molecule has 1 aromatic heterocycles. The summed E-state index contributed by atoms with van der Waals surface area (Å²) < 4.78 is 10.5. The molecule has 0 fully saturated rings. The highest BCUT2D eigenvalue weighted by atomic mass is 35.5. The van der Waals surface area contributed by atoms with Gasteiger partial charge in [-0.3, -0.25) is 5.10 Å². The van der Waals surface area contributed by atoms with Gasteiger partial charge in [0, 0.05) is 17.5 Å². The number of halogens is 1. The number of nitrogens with one attached hydrogen (secondary N) is 1. The second-order valence-electron chi connectivity index (χ2n) is 4.18. The minimum absolute atomic E-state index is 0.0436. The van der Waals surface area contributed by atoms with E-state index in [-0.39, 0.29) is 23.8 Å². The Bertz CT molecular complexity index is 701. The largest absolute Gasteiger partial charge is 0.478 e. The summed E-state index contributed by atoms with van der Waals surface area (Å²) in [6.45, 7) is 0.153. The summed E-state index contributed by atoms with van der Waals surface area (Å²) in [5.74, 6) is 0.0826. The van der Waals surface area contributed by atoms with Crippen molar-refractivity contribution in [1.82, 2.24) is 10.2 Å². The zero-order chi connectivity index (χ0) is 14.3. The molecule has 0 saturated heterocycles. The van der Waals surface area contributed by atoms with E-state index in [9.17, 15) is 4.79 Å². The molecule has 8 heteroatoms. The smallest absolute Gasteiger partial charge is 0.340 e. The normalized spacial score (nSPS) is 12.7. The van der Waals surface area contributed by atoms with Gasteiger partial charge in [-0.05, 0) is 11.6 Å². The Morgan fingerprint density at radius 2 is 2.15 bits per heavy atom. The molecule has 0 spiro atoms. The fourth-order valence-electron chi connectivity index (χ4n) is 2.01. The van der Waals surface area contributed by atoms with Crippen LogP contribution in [-0.4, -0.2) is 28.1 Å². The number of nitrogens with zero attached hydrogens (tertiary/aromatic N) is 1. The minimum atomic E-state index is -1.09. The van der Waals surface area contributed by atoms with Crippen LogP contribution in [0.1, 0.15) is 21.6 Å². The summed E-state index contributed by atoms with van der Waals surface area (Å²) in [5.41, 5.74) is 1.20. The Morgan fingerprint density at radius 3 is 2.85 bits per heavy atom. The first kappa shape index (κ1) is 13.1. The molecule has 0 atom stereocenters. The third-order valence-electron chi connectivity index (χ3n) is 2.94. The maximum atomic E-state index is 11.2. The molecule has 0 aliphatic carbocycles. The number of carboxylic acids is 1. The van der Waals surface area contributed by atoms with Crippen molar-refractivity contribution in [1.29, 1.82) is 0 Å². The van der Waals surface area contributed by atoms with Crippen molar-refractivity contribution < 1.29 is 19.4 Å². The SMILES string of the molecule is O=C(O)c1c(S)n[nH]c1Cc1cc2c(cc1Cl)OCO2. The molecule has 20 heavy (non-hydrogen) atoms. The van der Waals surface area contributed by atoms with Crippen molar-refractivity contribution >= 4 is 30.2 Å². The molecule has 2 heterocycles. The molecule has 2 N–H and O–H groups in total. The number of carboxylic acid groups (broad SMARTS) is 1. The van der Waals surface area contributed by atoms with E-state index in [2.05, 4.69) is 22.8 Å². The zero-order valence-electron chi connectivity index (χ0n) is 10.0. The van der Waals surface area contributed by atoms with E-state index in [4.69, 9.17) is 26.2 Å². The number of fused-ring (bicyclic) bond motifs is 1. The lowest BCUT2D eigenvalue weighted by Gasteiger charge is -2.06. The van der Waals surface area contributed by atoms with Crippen LogP contribution in [0.25, 0.3) is 0 Å². The summed E-state index contributed by atoms with van der Waals surface area (Å²) in [6, 6.07) is 3.38. The molecule has 0 bridgehead atoms. The molecule has 0 amide bonds. The maximum absolute atomic E-state index is 11.2. The van der Waals surface area contributed by atoms with Gasteiger partial charge < -0.3 is 14.6 Å². The van der Waals surface area contributed by atoms with Crippen LogP contribution in [-0.2, 0) is 6.42 Å². The van der Waals surface area contributed by atoms with Gasteiger partial charge in [-0.15, -0.1) is 12.6 Å². The van der Waals surface area contributed by atoms with Crippen LogP contribution in [0, 0.1) is 0 Å². The Labute approximate surface area is 124 Å². The van der Waals surface area contributed by atoms with Gasteiger partial charge in [0.1, 0.15) is 10.6 Å². The van der Waals surface area contributed by atoms with Crippen molar-refractivity contribution in [2.75, 3.05) is 6.79 Å². The first-order valence-corrected chi connectivity index (χ1v) is 6.46. The van der Waals surface area contributed by atoms with Gasteiger partial charge in [0.15, 0.2) is 11.5 Å². The number of rotatable bonds is 3. The first-order chi connectivity index (χ1) is 9.56. The molecule has 1 aliphatic heterocycles. The number of aromatic amines is 1. The standard InChI is InChI=1S/C12H9ClN2O4S/c13-6-3-9-8(18-4-19-9)2-5(6)1-7-10(12(16)17)11(20)15-14-7/h2-3H,1,4H2,(H,16,17)(H2,14,15,20). The predicted molar refractivity (Wildman–Crippen MR) is 73.2 cm³/mol. The zero-order valence-corrected chi connectivity index (χ0v) is 11.7. The number of hydrogen-bond acceptors (Lipinski definition) is 5. The van der Waals surface area contributed by atoms with Gasteiger partial charge in [-0.1, -0.05) is 11.6 Å². The van der Waals surface area contributed by atoms with E-state index >= 15 is 0 Å². The van der Waals surface area contributed by atoms with E-state index in [1.54, 1.807) is 12.1 Å². The molecule has 104 valence electrons. The number of carbonyl (C=O) groups is 1. The molecule has 0 saturated carbocycles. The van der Waals surface area contributed by atoms with E-state index in [0.29, 0.717) is 22.2 Å². The second kappa shape index (κ2) is 4.92. The summed E-state index contributed by atoms with van der Waals surface area (Å²) in [7, 11) is 0. The van der Waals surface area contributed by atoms with Crippen LogP contribution < -0.4 is 9.47 Å². The van der Waals surface area contributed by atoms with Crippen molar-refractivity contribution in [3.05, 3.63) is 34.0 Å². The first-order valence-electron chi connectivity index (χ1n) is 5.63. The lowest BCUT2D eigenvalue weighted by atomic mass is 10.1. The van der Waals surface area contributed by atoms with Gasteiger partial charge in [0.2, 0.25) is 6.79 Å². The number of H-pyrrole nitrogens is 1. The quantitative estimate of drug-likeness (QED) is 0.758. The number of benzene rings is 1. The average molecular weight is 313 g/mol. The van der Waals surface area contributed by atoms with Crippen molar-refractivity contribution in [2.24, 2.45) is 0 Å². The highest BCUT2D eigenvalue weighted by Gasteiger charge is 2.21. The van der Waals surface area contributed by atoms with E-state index in [1.165, 1.54) is 0 Å². The minimum Gasteiger partial charge on any atom is -0.478 e. The van der Waals surface area contributed by atoms with Gasteiger partial charge >= 0.3 is 5.97 Å². The molecule has 2 aromatic rings. The second-order valence-corrected chi connectivity index (χ2v) is 5.01. The highest BCUT2D eigenvalue weighted by molar-refractivity contribution is 7.80. The van der Waals surface area contributed by atoms with Crippen LogP contribution in [0.4, 0.5) is 0 Å². The summed E-state index contributed by atoms with van der Waals surface area (Å²) in [6.07, 6.45) is 0.282. The maximum Gasteiger partial charge on any atom is 0.340 e. The molecule has 1 aliphatic rings. The number of aromatic nitrogens is 2. The average Bonchev–Trinajstić information content (AvgIpc) is 2.96. The highest BCUT2D eigenvalue weighted by Crippen LogP contribution is 2.37. The molecule has 1 aromatic carbocycles. The van der Waals surface area contributed by atoms with E-state index < -0.39 is 5.97 Å². The van der Waals surface area contributed by atoms with Crippen LogP contribution in [0.3, 0.4) is 0 Å². The molecule has 0 unspecified atom stereocenters. The van der Waals surface area contributed by atoms with E-state index in [0.717, 1.165) is 5.56 Å². The van der Waals surface area contributed by atoms with E-state index in [1.807, 2.05) is 0 Å². The summed E-state index contributed by atoms with van der Waals surface area (Å²) in [4.78, 5) is 11.2. The number of thiol groups is 1. The fraction of sp³-hybridized carbons (Fsp3) is 0.167. The molecule has 0 radical (unpaired) electrons. The molecule has 6 nitrogen and oxygen atoms in total. The van der Waals surface area contributed by atoms with Gasteiger partial charge in [0.05, 0.1) is 5.69 Å². The number of aromatic carboxylic acids is 1. The fourth-order valence-corrected chi connectivity index (χ4v) is 2.51. The van der Waals surface area contributed by atoms with Gasteiger partial charge in [-0.25, -0.2) is 4.79 Å². The predicted octanol–water partition coefficient (Wildman–Crippen LogP) is 2.37. The van der Waals surface area contributed by atoms with Crippen LogP contribution in [0.2, 0.25) is 5.02 Å². The Morgan fingerprint density at radius 1 is 1.45 bits per heavy atom. The molecule has 3 rings (SSSR count). The van der Waals surface area contributed by atoms with Crippen molar-refractivity contribution in [2.45, 2.75) is 11.4 Å². The molecular formula is C12H9ClN2O4S. The van der Waals surface area contributed by atoms with Crippen molar-refractivity contribution in [3.8, 4) is 11.5 Å². The van der Waals surface area contributed by atoms with Crippen LogP contribution in [0.5, 0.6) is 11.5 Å². The third-order valence-corrected chi connectivity index (χ3v) is 3.62. The topological polar surface area (TPSA) is 84.4 Å². The van der Waals surface area contributed by atoms with Gasteiger partial charge in [0.25, 0.3) is 0 Å². The third kappa shape index (κ3) is 2.19. The van der Waals surface area contributed by atoms with Gasteiger partial charge in [-0.2, -0.15) is 5.10 Å².